The maximum Gasteiger partial charge on any atom is 0.246 e. The summed E-state index contributed by atoms with van der Waals surface area (Å²) in [6.45, 7) is 0. The van der Waals surface area contributed by atoms with Gasteiger partial charge in [-0.05, 0) is 29.8 Å². The molecule has 1 aromatic rings. The zero-order chi connectivity index (χ0) is 9.97. The Kier molecular flexibility index (Phi) is 2.18. The molecule has 4 heteroatoms. The number of rotatable bonds is 2. The van der Waals surface area contributed by atoms with E-state index in [9.17, 15) is 4.79 Å². The monoisotopic (exact) mass is 190 g/mol. The topological polar surface area (TPSA) is 50.7 Å². The molecule has 0 unspecified atom stereocenters. The smallest absolute Gasteiger partial charge is 0.246 e. The van der Waals surface area contributed by atoms with Gasteiger partial charge in [-0.15, -0.1) is 0 Å². The number of nitrogens with zero attached hydrogens (tertiary/aromatic N) is 1. The second-order valence-corrected chi connectivity index (χ2v) is 3.00. The first kappa shape index (κ1) is 8.74. The molecule has 0 aromatic heterocycles. The molecule has 0 spiro atoms. The summed E-state index contributed by atoms with van der Waals surface area (Å²) in [6, 6.07) is 7.47. The van der Waals surface area contributed by atoms with E-state index in [-0.39, 0.29) is 5.91 Å². The number of methoxy groups -OCH3 is 1. The van der Waals surface area contributed by atoms with E-state index in [1.165, 1.54) is 0 Å². The van der Waals surface area contributed by atoms with Crippen molar-refractivity contribution in [3.8, 4) is 5.75 Å². The van der Waals surface area contributed by atoms with E-state index in [0.29, 0.717) is 6.42 Å². The largest absolute Gasteiger partial charge is 0.497 e. The predicted octanol–water partition coefficient (Wildman–Crippen LogP) is 0.919. The third-order valence-electron chi connectivity index (χ3n) is 2.07. The number of benzene rings is 1. The van der Waals surface area contributed by atoms with Crippen molar-refractivity contribution < 1.29 is 9.53 Å². The molecule has 1 amide bonds. The third-order valence-corrected chi connectivity index (χ3v) is 2.07. The predicted molar refractivity (Wildman–Crippen MR) is 52.3 cm³/mol. The average Bonchev–Trinajstić information content (AvgIpc) is 2.65. The summed E-state index contributed by atoms with van der Waals surface area (Å²) < 4.78 is 5.03. The molecule has 1 N–H and O–H groups in total. The van der Waals surface area contributed by atoms with E-state index < -0.39 is 0 Å². The molecular formula is C10H10N2O2. The van der Waals surface area contributed by atoms with Crippen molar-refractivity contribution in [1.82, 2.24) is 5.43 Å². The lowest BCUT2D eigenvalue weighted by molar-refractivity contribution is -0.119. The Morgan fingerprint density at radius 1 is 1.36 bits per heavy atom. The van der Waals surface area contributed by atoms with E-state index in [0.717, 1.165) is 17.0 Å². The molecule has 1 aromatic carbocycles. The summed E-state index contributed by atoms with van der Waals surface area (Å²) in [5.41, 5.74) is 4.14. The Morgan fingerprint density at radius 2 is 2.07 bits per heavy atom. The number of hydrogen-bond acceptors (Lipinski definition) is 3. The fourth-order valence-electron chi connectivity index (χ4n) is 1.31. The van der Waals surface area contributed by atoms with Gasteiger partial charge in [0.25, 0.3) is 0 Å². The Hall–Kier alpha value is -1.84. The van der Waals surface area contributed by atoms with Gasteiger partial charge in [-0.25, -0.2) is 5.43 Å². The van der Waals surface area contributed by atoms with Crippen LogP contribution in [0.2, 0.25) is 0 Å². The van der Waals surface area contributed by atoms with Crippen molar-refractivity contribution in [1.29, 1.82) is 0 Å². The lowest BCUT2D eigenvalue weighted by Gasteiger charge is -2.01. The molecule has 1 aliphatic heterocycles. The minimum Gasteiger partial charge on any atom is -0.497 e. The second-order valence-electron chi connectivity index (χ2n) is 3.00. The molecule has 0 aliphatic carbocycles. The summed E-state index contributed by atoms with van der Waals surface area (Å²) in [7, 11) is 1.62. The fourth-order valence-corrected chi connectivity index (χ4v) is 1.31. The third kappa shape index (κ3) is 1.59. The summed E-state index contributed by atoms with van der Waals surface area (Å²) >= 11 is 0. The van der Waals surface area contributed by atoms with Gasteiger partial charge in [0.2, 0.25) is 5.91 Å². The van der Waals surface area contributed by atoms with E-state index in [1.54, 1.807) is 7.11 Å². The van der Waals surface area contributed by atoms with Gasteiger partial charge < -0.3 is 4.74 Å². The van der Waals surface area contributed by atoms with E-state index >= 15 is 0 Å². The molecule has 0 saturated carbocycles. The maximum atomic E-state index is 10.9. The number of carbonyl (C=O) groups excluding carboxylic acids is 1. The number of amides is 1. The Bertz CT molecular complexity index is 382. The molecule has 2 rings (SSSR count). The van der Waals surface area contributed by atoms with Gasteiger partial charge in [-0.1, -0.05) is 0 Å². The molecule has 0 fully saturated rings. The zero-order valence-electron chi connectivity index (χ0n) is 7.78. The average molecular weight is 190 g/mol. The Labute approximate surface area is 81.6 Å². The lowest BCUT2D eigenvalue weighted by atomic mass is 10.1. The van der Waals surface area contributed by atoms with E-state index in [2.05, 4.69) is 10.5 Å². The van der Waals surface area contributed by atoms with Gasteiger partial charge in [0.05, 0.1) is 19.2 Å². The van der Waals surface area contributed by atoms with Crippen LogP contribution in [-0.2, 0) is 4.79 Å². The lowest BCUT2D eigenvalue weighted by Crippen LogP contribution is -2.09. The van der Waals surface area contributed by atoms with Crippen LogP contribution in [0, 0.1) is 0 Å². The van der Waals surface area contributed by atoms with Crippen LogP contribution in [0.5, 0.6) is 5.75 Å². The molecule has 0 atom stereocenters. The van der Waals surface area contributed by atoms with Gasteiger partial charge in [0.15, 0.2) is 0 Å². The van der Waals surface area contributed by atoms with Gasteiger partial charge in [-0.3, -0.25) is 4.79 Å². The van der Waals surface area contributed by atoms with Crippen molar-refractivity contribution in [2.45, 2.75) is 6.42 Å². The van der Waals surface area contributed by atoms with Gasteiger partial charge in [0, 0.05) is 0 Å². The van der Waals surface area contributed by atoms with Crippen LogP contribution in [0.25, 0.3) is 0 Å². The number of hydrazone groups is 1. The quantitative estimate of drug-likeness (QED) is 0.753. The molecule has 0 bridgehead atoms. The number of ether oxygens (including phenoxy) is 1. The van der Waals surface area contributed by atoms with Crippen molar-refractivity contribution >= 4 is 11.6 Å². The molecule has 72 valence electrons. The van der Waals surface area contributed by atoms with Crippen LogP contribution in [-0.4, -0.2) is 18.7 Å². The van der Waals surface area contributed by atoms with Crippen LogP contribution in [0.4, 0.5) is 0 Å². The highest BCUT2D eigenvalue weighted by Gasteiger charge is 2.15. The highest BCUT2D eigenvalue weighted by Crippen LogP contribution is 2.14. The molecule has 1 heterocycles. The standard InChI is InChI=1S/C10H10N2O2/c1-14-8-4-2-7(3-5-8)9-6-10(13)12-11-9/h2-5H,6H2,1H3,(H,12,13). The highest BCUT2D eigenvalue weighted by atomic mass is 16.5. The molecule has 0 radical (unpaired) electrons. The zero-order valence-corrected chi connectivity index (χ0v) is 7.78. The number of hydrogen-bond donors (Lipinski definition) is 1. The SMILES string of the molecule is COc1ccc(C2=NNC(=O)C2)cc1. The minimum absolute atomic E-state index is 0.0594. The van der Waals surface area contributed by atoms with E-state index in [4.69, 9.17) is 4.74 Å². The minimum atomic E-state index is -0.0594. The van der Waals surface area contributed by atoms with Crippen molar-refractivity contribution in [2.24, 2.45) is 5.10 Å². The van der Waals surface area contributed by atoms with Crippen LogP contribution >= 0.6 is 0 Å². The summed E-state index contributed by atoms with van der Waals surface area (Å²) in [4.78, 5) is 10.9. The molecule has 4 nitrogen and oxygen atoms in total. The van der Waals surface area contributed by atoms with Crippen LogP contribution in [0.3, 0.4) is 0 Å². The van der Waals surface area contributed by atoms with Crippen LogP contribution in [0.1, 0.15) is 12.0 Å². The number of nitrogens with one attached hydrogen (secondary N) is 1. The first-order valence-electron chi connectivity index (χ1n) is 4.29. The van der Waals surface area contributed by atoms with Gasteiger partial charge >= 0.3 is 0 Å². The summed E-state index contributed by atoms with van der Waals surface area (Å²) in [6.07, 6.45) is 0.354. The summed E-state index contributed by atoms with van der Waals surface area (Å²) in [5.74, 6) is 0.738. The van der Waals surface area contributed by atoms with Crippen LogP contribution in [0.15, 0.2) is 29.4 Å². The van der Waals surface area contributed by atoms with Crippen molar-refractivity contribution in [2.75, 3.05) is 7.11 Å². The normalized spacial score (nSPS) is 14.9. The maximum absolute atomic E-state index is 10.9. The van der Waals surface area contributed by atoms with E-state index in [1.807, 2.05) is 24.3 Å². The molecule has 0 saturated heterocycles. The highest BCUT2D eigenvalue weighted by molar-refractivity contribution is 6.13. The first-order chi connectivity index (χ1) is 6.79. The second kappa shape index (κ2) is 3.49. The van der Waals surface area contributed by atoms with Crippen molar-refractivity contribution in [3.05, 3.63) is 29.8 Å². The first-order valence-corrected chi connectivity index (χ1v) is 4.29. The Morgan fingerprint density at radius 3 is 2.57 bits per heavy atom. The molecule has 14 heavy (non-hydrogen) atoms. The molecular weight excluding hydrogens is 180 g/mol. The van der Waals surface area contributed by atoms with Gasteiger partial charge in [0.1, 0.15) is 5.75 Å². The number of carbonyl (C=O) groups is 1. The van der Waals surface area contributed by atoms with Crippen LogP contribution < -0.4 is 10.2 Å². The fraction of sp³-hybridized carbons (Fsp3) is 0.200. The molecule has 1 aliphatic rings. The van der Waals surface area contributed by atoms with Crippen molar-refractivity contribution in [3.63, 3.8) is 0 Å². The van der Waals surface area contributed by atoms with Gasteiger partial charge in [-0.2, -0.15) is 5.10 Å². The summed E-state index contributed by atoms with van der Waals surface area (Å²) in [5, 5.41) is 3.92. The Balaban J connectivity index is 2.21.